The molecule has 0 aliphatic carbocycles. The second kappa shape index (κ2) is 8.46. The van der Waals surface area contributed by atoms with E-state index in [0.717, 1.165) is 28.1 Å². The minimum atomic E-state index is -0.0913. The molecule has 2 N–H and O–H groups in total. The van der Waals surface area contributed by atoms with Crippen LogP contribution in [0.5, 0.6) is 5.75 Å². The quantitative estimate of drug-likeness (QED) is 0.550. The van der Waals surface area contributed by atoms with E-state index in [4.69, 9.17) is 28.6 Å². The highest BCUT2D eigenvalue weighted by atomic mass is 35.5. The molecule has 140 valence electrons. The highest BCUT2D eigenvalue weighted by Crippen LogP contribution is 2.31. The van der Waals surface area contributed by atoms with Crippen LogP contribution in [0.25, 0.3) is 5.70 Å². The van der Waals surface area contributed by atoms with Crippen LogP contribution in [0.15, 0.2) is 84.9 Å². The molecule has 1 atom stereocenters. The van der Waals surface area contributed by atoms with Gasteiger partial charge in [-0.05, 0) is 36.0 Å². The number of benzene rings is 3. The largest absolute Gasteiger partial charge is 0.488 e. The Labute approximate surface area is 175 Å². The summed E-state index contributed by atoms with van der Waals surface area (Å²) in [7, 11) is 0. The van der Waals surface area contributed by atoms with E-state index in [1.54, 1.807) is 0 Å². The molecular formula is C23H19ClN2OS. The van der Waals surface area contributed by atoms with Crippen LogP contribution in [0.4, 0.5) is 0 Å². The molecule has 3 aromatic carbocycles. The predicted octanol–water partition coefficient (Wildman–Crippen LogP) is 5.48. The first-order valence-corrected chi connectivity index (χ1v) is 9.79. The van der Waals surface area contributed by atoms with Crippen LogP contribution in [0.2, 0.25) is 5.02 Å². The SMILES string of the molecule is S=C1NC(c2ccccc2)=CC(c2ccccc2OCc2ccccc2Cl)N1. The number of hydrogen-bond acceptors (Lipinski definition) is 2. The third kappa shape index (κ3) is 4.19. The average Bonchev–Trinajstić information content (AvgIpc) is 2.73. The van der Waals surface area contributed by atoms with Gasteiger partial charge >= 0.3 is 0 Å². The minimum Gasteiger partial charge on any atom is -0.488 e. The Hall–Kier alpha value is -2.82. The molecule has 0 amide bonds. The van der Waals surface area contributed by atoms with Crippen LogP contribution in [-0.2, 0) is 6.61 Å². The van der Waals surface area contributed by atoms with Crippen molar-refractivity contribution in [1.29, 1.82) is 0 Å². The fourth-order valence-corrected chi connectivity index (χ4v) is 3.57. The summed E-state index contributed by atoms with van der Waals surface area (Å²) < 4.78 is 6.12. The maximum absolute atomic E-state index is 6.26. The third-order valence-electron chi connectivity index (χ3n) is 4.55. The zero-order valence-corrected chi connectivity index (χ0v) is 16.6. The normalized spacial score (nSPS) is 16.0. The van der Waals surface area contributed by atoms with Crippen molar-refractivity contribution in [3.8, 4) is 5.75 Å². The van der Waals surface area contributed by atoms with Crippen LogP contribution < -0.4 is 15.4 Å². The molecule has 0 fully saturated rings. The predicted molar refractivity (Wildman–Crippen MR) is 118 cm³/mol. The van der Waals surface area contributed by atoms with Gasteiger partial charge in [-0.15, -0.1) is 0 Å². The molecule has 1 aliphatic heterocycles. The van der Waals surface area contributed by atoms with Crippen molar-refractivity contribution in [2.45, 2.75) is 12.6 Å². The number of thiocarbonyl (C=S) groups is 1. The highest BCUT2D eigenvalue weighted by molar-refractivity contribution is 7.80. The van der Waals surface area contributed by atoms with Gasteiger partial charge in [0.1, 0.15) is 12.4 Å². The summed E-state index contributed by atoms with van der Waals surface area (Å²) in [6, 6.07) is 25.7. The summed E-state index contributed by atoms with van der Waals surface area (Å²) in [4.78, 5) is 0. The van der Waals surface area contributed by atoms with E-state index < -0.39 is 0 Å². The van der Waals surface area contributed by atoms with Crippen LogP contribution in [-0.4, -0.2) is 5.11 Å². The molecule has 0 saturated heterocycles. The van der Waals surface area contributed by atoms with E-state index in [9.17, 15) is 0 Å². The van der Waals surface area contributed by atoms with Crippen molar-refractivity contribution in [2.24, 2.45) is 0 Å². The molecule has 3 aromatic rings. The van der Waals surface area contributed by atoms with E-state index in [-0.39, 0.29) is 6.04 Å². The minimum absolute atomic E-state index is 0.0913. The van der Waals surface area contributed by atoms with E-state index in [1.807, 2.05) is 66.7 Å². The van der Waals surface area contributed by atoms with Crippen LogP contribution in [0, 0.1) is 0 Å². The fourth-order valence-electron chi connectivity index (χ4n) is 3.14. The van der Waals surface area contributed by atoms with Gasteiger partial charge in [0.2, 0.25) is 0 Å². The Morgan fingerprint density at radius 2 is 1.61 bits per heavy atom. The lowest BCUT2D eigenvalue weighted by Crippen LogP contribution is -2.40. The Balaban J connectivity index is 1.62. The van der Waals surface area contributed by atoms with Gasteiger partial charge in [-0.2, -0.15) is 0 Å². The summed E-state index contributed by atoms with van der Waals surface area (Å²) >= 11 is 11.7. The van der Waals surface area contributed by atoms with E-state index >= 15 is 0 Å². The molecule has 3 nitrogen and oxygen atoms in total. The first kappa shape index (κ1) is 18.5. The van der Waals surface area contributed by atoms with Crippen LogP contribution in [0.3, 0.4) is 0 Å². The molecular weight excluding hydrogens is 388 g/mol. The number of hydrogen-bond donors (Lipinski definition) is 2. The standard InChI is InChI=1S/C23H19ClN2OS/c24-19-12-6-4-10-17(19)15-27-22-13-7-5-11-18(22)21-14-20(25-23(28)26-21)16-8-2-1-3-9-16/h1-14,21H,15H2,(H2,25,26,28). The second-order valence-electron chi connectivity index (χ2n) is 6.44. The summed E-state index contributed by atoms with van der Waals surface area (Å²) in [5.41, 5.74) is 4.04. The molecule has 0 spiro atoms. The van der Waals surface area contributed by atoms with Gasteiger partial charge in [0.05, 0.1) is 6.04 Å². The third-order valence-corrected chi connectivity index (χ3v) is 5.14. The van der Waals surface area contributed by atoms with Crippen LogP contribution in [0.1, 0.15) is 22.7 Å². The molecule has 4 rings (SSSR count). The monoisotopic (exact) mass is 406 g/mol. The van der Waals surface area contributed by atoms with Gasteiger partial charge < -0.3 is 15.4 Å². The van der Waals surface area contributed by atoms with Crippen molar-refractivity contribution >= 4 is 34.6 Å². The number of nitrogens with one attached hydrogen (secondary N) is 2. The number of ether oxygens (including phenoxy) is 1. The maximum Gasteiger partial charge on any atom is 0.171 e. The number of halogens is 1. The second-order valence-corrected chi connectivity index (χ2v) is 7.26. The zero-order chi connectivity index (χ0) is 19.3. The fraction of sp³-hybridized carbons (Fsp3) is 0.0870. The van der Waals surface area contributed by atoms with Gasteiger partial charge in [0.15, 0.2) is 5.11 Å². The molecule has 5 heteroatoms. The van der Waals surface area contributed by atoms with Gasteiger partial charge in [-0.1, -0.05) is 78.3 Å². The molecule has 0 saturated carbocycles. The van der Waals surface area contributed by atoms with Crippen molar-refractivity contribution in [3.05, 3.63) is 107 Å². The highest BCUT2D eigenvalue weighted by Gasteiger charge is 2.21. The Morgan fingerprint density at radius 1 is 0.893 bits per heavy atom. The van der Waals surface area contributed by atoms with E-state index in [0.29, 0.717) is 16.7 Å². The smallest absolute Gasteiger partial charge is 0.171 e. The molecule has 1 unspecified atom stereocenters. The Bertz CT molecular complexity index is 1020. The van der Waals surface area contributed by atoms with Gasteiger partial charge in [0, 0.05) is 21.8 Å². The molecule has 0 radical (unpaired) electrons. The lowest BCUT2D eigenvalue weighted by atomic mass is 10.0. The molecule has 1 heterocycles. The summed E-state index contributed by atoms with van der Waals surface area (Å²) in [5.74, 6) is 0.799. The summed E-state index contributed by atoms with van der Waals surface area (Å²) in [6.07, 6.45) is 2.13. The van der Waals surface area contributed by atoms with E-state index in [2.05, 4.69) is 28.8 Å². The molecule has 1 aliphatic rings. The van der Waals surface area contributed by atoms with Gasteiger partial charge in [0.25, 0.3) is 0 Å². The Kier molecular flexibility index (Phi) is 5.60. The number of para-hydroxylation sites is 1. The van der Waals surface area contributed by atoms with Gasteiger partial charge in [-0.3, -0.25) is 0 Å². The first-order chi connectivity index (χ1) is 13.7. The van der Waals surface area contributed by atoms with Crippen molar-refractivity contribution in [3.63, 3.8) is 0 Å². The summed E-state index contributed by atoms with van der Waals surface area (Å²) in [5, 5.41) is 7.85. The van der Waals surface area contributed by atoms with Crippen LogP contribution >= 0.6 is 23.8 Å². The zero-order valence-electron chi connectivity index (χ0n) is 15.1. The topological polar surface area (TPSA) is 33.3 Å². The van der Waals surface area contributed by atoms with Crippen molar-refractivity contribution in [2.75, 3.05) is 0 Å². The average molecular weight is 407 g/mol. The summed E-state index contributed by atoms with van der Waals surface area (Å²) in [6.45, 7) is 0.404. The lowest BCUT2D eigenvalue weighted by Gasteiger charge is -2.27. The first-order valence-electron chi connectivity index (χ1n) is 9.00. The van der Waals surface area contributed by atoms with Crippen molar-refractivity contribution < 1.29 is 4.74 Å². The number of rotatable bonds is 5. The molecule has 0 bridgehead atoms. The maximum atomic E-state index is 6.26. The van der Waals surface area contributed by atoms with Gasteiger partial charge in [-0.25, -0.2) is 0 Å². The molecule has 28 heavy (non-hydrogen) atoms. The molecule has 0 aromatic heterocycles. The van der Waals surface area contributed by atoms with E-state index in [1.165, 1.54) is 0 Å². The Morgan fingerprint density at radius 3 is 2.43 bits per heavy atom. The lowest BCUT2D eigenvalue weighted by molar-refractivity contribution is 0.301. The van der Waals surface area contributed by atoms with Crippen molar-refractivity contribution in [1.82, 2.24) is 10.6 Å².